The molecule has 2 aromatic heterocycles. The van der Waals surface area contributed by atoms with E-state index in [1.807, 2.05) is 24.5 Å². The van der Waals surface area contributed by atoms with E-state index in [2.05, 4.69) is 31.6 Å². The van der Waals surface area contributed by atoms with Crippen LogP contribution in [0, 0.1) is 5.41 Å². The van der Waals surface area contributed by atoms with Crippen molar-refractivity contribution in [3.8, 4) is 11.4 Å². The summed E-state index contributed by atoms with van der Waals surface area (Å²) < 4.78 is 0. The maximum absolute atomic E-state index is 4.79. The molecule has 1 spiro atoms. The van der Waals surface area contributed by atoms with Gasteiger partial charge in [0.05, 0.1) is 11.4 Å². The van der Waals surface area contributed by atoms with E-state index in [9.17, 15) is 0 Å². The average Bonchev–Trinajstić information content (AvgIpc) is 3.43. The van der Waals surface area contributed by atoms with E-state index in [1.54, 1.807) is 0 Å². The zero-order valence-corrected chi connectivity index (χ0v) is 16.7. The molecule has 28 heavy (non-hydrogen) atoms. The molecule has 1 aliphatic carbocycles. The molecule has 4 heterocycles. The van der Waals surface area contributed by atoms with Gasteiger partial charge in [-0.1, -0.05) is 0 Å². The Bertz CT molecular complexity index is 757. The van der Waals surface area contributed by atoms with Crippen LogP contribution in [0.4, 0.5) is 5.95 Å². The van der Waals surface area contributed by atoms with Crippen LogP contribution in [0.15, 0.2) is 30.6 Å². The van der Waals surface area contributed by atoms with Gasteiger partial charge >= 0.3 is 0 Å². The molecule has 0 bridgehead atoms. The molecule has 0 amide bonds. The normalized spacial score (nSPS) is 25.4. The molecule has 3 aliphatic rings. The molecular weight excluding hydrogens is 348 g/mol. The standard InChI is InChI=1S/C22H32N6/c1-2-19(24-11-1)20-5-12-25-21(27-20)28-15-6-18(16-28)26-17-3-7-22(8-4-17)9-13-23-14-10-22/h1-2,5,11-12,17-18,23-24,26H,3-4,6-10,13-16H2. The van der Waals surface area contributed by atoms with E-state index in [0.717, 1.165) is 30.4 Å². The van der Waals surface area contributed by atoms with E-state index < -0.39 is 0 Å². The van der Waals surface area contributed by atoms with Gasteiger partial charge in [0.1, 0.15) is 0 Å². The Morgan fingerprint density at radius 2 is 1.89 bits per heavy atom. The van der Waals surface area contributed by atoms with Crippen molar-refractivity contribution in [2.75, 3.05) is 31.1 Å². The van der Waals surface area contributed by atoms with Crippen LogP contribution in [0.3, 0.4) is 0 Å². The number of nitrogens with zero attached hydrogens (tertiary/aromatic N) is 3. The maximum Gasteiger partial charge on any atom is 0.225 e. The number of hydrogen-bond donors (Lipinski definition) is 3. The Labute approximate surface area is 167 Å². The molecule has 0 aromatic carbocycles. The quantitative estimate of drug-likeness (QED) is 0.761. The van der Waals surface area contributed by atoms with Crippen LogP contribution in [-0.4, -0.2) is 53.2 Å². The second-order valence-electron chi connectivity index (χ2n) is 8.95. The SMILES string of the molecule is c1c[nH]c(-c2ccnc(N3CCC(NC4CCC5(CCNCC5)CC4)C3)n2)c1. The number of nitrogens with one attached hydrogen (secondary N) is 3. The van der Waals surface area contributed by atoms with Crippen LogP contribution in [0.5, 0.6) is 0 Å². The molecule has 0 radical (unpaired) electrons. The first kappa shape index (κ1) is 18.1. The number of piperidine rings is 1. The van der Waals surface area contributed by atoms with Crippen LogP contribution < -0.4 is 15.5 Å². The monoisotopic (exact) mass is 380 g/mol. The molecule has 5 rings (SSSR count). The molecule has 1 saturated carbocycles. The van der Waals surface area contributed by atoms with Crippen molar-refractivity contribution in [2.24, 2.45) is 5.41 Å². The van der Waals surface area contributed by atoms with Gasteiger partial charge in [-0.2, -0.15) is 0 Å². The van der Waals surface area contributed by atoms with E-state index >= 15 is 0 Å². The summed E-state index contributed by atoms with van der Waals surface area (Å²) in [5.74, 6) is 0.855. The molecule has 6 heteroatoms. The lowest BCUT2D eigenvalue weighted by atomic mass is 9.67. The number of aromatic nitrogens is 3. The van der Waals surface area contributed by atoms with Gasteiger partial charge in [0.25, 0.3) is 0 Å². The molecule has 6 nitrogen and oxygen atoms in total. The third-order valence-corrected chi connectivity index (χ3v) is 7.17. The average molecular weight is 381 g/mol. The second kappa shape index (κ2) is 7.84. The maximum atomic E-state index is 4.79. The van der Waals surface area contributed by atoms with E-state index in [0.29, 0.717) is 17.5 Å². The first-order chi connectivity index (χ1) is 13.8. The van der Waals surface area contributed by atoms with E-state index in [4.69, 9.17) is 4.98 Å². The summed E-state index contributed by atoms with van der Waals surface area (Å²) in [6, 6.07) is 7.28. The largest absolute Gasteiger partial charge is 0.360 e. The minimum absolute atomic E-state index is 0.560. The Morgan fingerprint density at radius 1 is 1.04 bits per heavy atom. The van der Waals surface area contributed by atoms with Crippen molar-refractivity contribution < 1.29 is 0 Å². The van der Waals surface area contributed by atoms with Gasteiger partial charge in [0, 0.05) is 37.6 Å². The Morgan fingerprint density at radius 3 is 2.68 bits per heavy atom. The highest BCUT2D eigenvalue weighted by Gasteiger charge is 2.37. The summed E-state index contributed by atoms with van der Waals surface area (Å²) in [5.41, 5.74) is 2.66. The molecule has 150 valence electrons. The van der Waals surface area contributed by atoms with Crippen LogP contribution in [0.1, 0.15) is 44.9 Å². The lowest BCUT2D eigenvalue weighted by Gasteiger charge is -2.43. The van der Waals surface area contributed by atoms with Gasteiger partial charge in [0.15, 0.2) is 0 Å². The molecule has 1 unspecified atom stereocenters. The van der Waals surface area contributed by atoms with Gasteiger partial charge in [-0.25, -0.2) is 9.97 Å². The minimum Gasteiger partial charge on any atom is -0.360 e. The van der Waals surface area contributed by atoms with Crippen molar-refractivity contribution in [1.29, 1.82) is 0 Å². The van der Waals surface area contributed by atoms with Crippen molar-refractivity contribution in [3.05, 3.63) is 30.6 Å². The number of anilines is 1. The molecule has 1 atom stereocenters. The van der Waals surface area contributed by atoms with Crippen molar-refractivity contribution in [2.45, 2.75) is 57.0 Å². The Kier molecular flexibility index (Phi) is 5.07. The number of hydrogen-bond acceptors (Lipinski definition) is 5. The lowest BCUT2D eigenvalue weighted by Crippen LogP contribution is -2.46. The Hall–Kier alpha value is -1.92. The van der Waals surface area contributed by atoms with Crippen LogP contribution in [0.25, 0.3) is 11.4 Å². The summed E-state index contributed by atoms with van der Waals surface area (Å²) in [7, 11) is 0. The lowest BCUT2D eigenvalue weighted by molar-refractivity contribution is 0.113. The Balaban J connectivity index is 1.15. The molecule has 2 saturated heterocycles. The molecule has 3 fully saturated rings. The van der Waals surface area contributed by atoms with Crippen LogP contribution in [0.2, 0.25) is 0 Å². The highest BCUT2D eigenvalue weighted by atomic mass is 15.3. The summed E-state index contributed by atoms with van der Waals surface area (Å²) in [5, 5.41) is 7.49. The van der Waals surface area contributed by atoms with Gasteiger partial charge in [0.2, 0.25) is 5.95 Å². The fourth-order valence-corrected chi connectivity index (χ4v) is 5.41. The molecule has 3 N–H and O–H groups in total. The van der Waals surface area contributed by atoms with Crippen molar-refractivity contribution in [3.63, 3.8) is 0 Å². The predicted molar refractivity (Wildman–Crippen MR) is 112 cm³/mol. The number of H-pyrrole nitrogens is 1. The highest BCUT2D eigenvalue weighted by molar-refractivity contribution is 5.55. The van der Waals surface area contributed by atoms with Crippen LogP contribution >= 0.6 is 0 Å². The zero-order chi connectivity index (χ0) is 18.8. The summed E-state index contributed by atoms with van der Waals surface area (Å²) in [4.78, 5) is 14.9. The molecule has 2 aromatic rings. The third-order valence-electron chi connectivity index (χ3n) is 7.17. The van der Waals surface area contributed by atoms with Gasteiger partial charge in [-0.05, 0) is 81.6 Å². The van der Waals surface area contributed by atoms with Crippen LogP contribution in [-0.2, 0) is 0 Å². The third kappa shape index (κ3) is 3.80. The first-order valence-corrected chi connectivity index (χ1v) is 11.0. The van der Waals surface area contributed by atoms with E-state index in [-0.39, 0.29) is 0 Å². The summed E-state index contributed by atoms with van der Waals surface area (Å²) in [6.45, 7) is 4.49. The van der Waals surface area contributed by atoms with Gasteiger partial charge in [-0.3, -0.25) is 0 Å². The predicted octanol–water partition coefficient (Wildman–Crippen LogP) is 2.95. The summed E-state index contributed by atoms with van der Waals surface area (Å²) >= 11 is 0. The minimum atomic E-state index is 0.560. The highest BCUT2D eigenvalue weighted by Crippen LogP contribution is 2.43. The number of aromatic amines is 1. The number of rotatable bonds is 4. The fraction of sp³-hybridized carbons (Fsp3) is 0.636. The zero-order valence-electron chi connectivity index (χ0n) is 16.7. The van der Waals surface area contributed by atoms with Gasteiger partial charge in [-0.15, -0.1) is 0 Å². The molecular formula is C22H32N6. The fourth-order valence-electron chi connectivity index (χ4n) is 5.41. The van der Waals surface area contributed by atoms with E-state index in [1.165, 1.54) is 58.0 Å². The second-order valence-corrected chi connectivity index (χ2v) is 8.95. The molecule has 2 aliphatic heterocycles. The topological polar surface area (TPSA) is 68.9 Å². The van der Waals surface area contributed by atoms with Gasteiger partial charge < -0.3 is 20.5 Å². The van der Waals surface area contributed by atoms with Crippen molar-refractivity contribution in [1.82, 2.24) is 25.6 Å². The summed E-state index contributed by atoms with van der Waals surface area (Å²) in [6.07, 6.45) is 13.3. The van der Waals surface area contributed by atoms with Crippen molar-refractivity contribution >= 4 is 5.95 Å². The smallest absolute Gasteiger partial charge is 0.225 e. The first-order valence-electron chi connectivity index (χ1n) is 11.0.